The molecule has 1 aromatic heterocycles. The third-order valence-electron chi connectivity index (χ3n) is 2.63. The van der Waals surface area contributed by atoms with E-state index in [0.29, 0.717) is 6.42 Å². The summed E-state index contributed by atoms with van der Waals surface area (Å²) in [5.74, 6) is -0.781. The van der Waals surface area contributed by atoms with Crippen LogP contribution in [-0.2, 0) is 11.2 Å². The smallest absolute Gasteiger partial charge is 0.303 e. The van der Waals surface area contributed by atoms with E-state index in [9.17, 15) is 4.79 Å². The van der Waals surface area contributed by atoms with Gasteiger partial charge in [-0.2, -0.15) is 5.10 Å². The fourth-order valence-corrected chi connectivity index (χ4v) is 1.70. The number of carboxylic acids is 1. The van der Waals surface area contributed by atoms with Gasteiger partial charge >= 0.3 is 5.97 Å². The van der Waals surface area contributed by atoms with Crippen molar-refractivity contribution in [1.82, 2.24) is 9.78 Å². The lowest BCUT2D eigenvalue weighted by Crippen LogP contribution is -1.97. The van der Waals surface area contributed by atoms with Crippen LogP contribution in [0.5, 0.6) is 0 Å². The zero-order chi connectivity index (χ0) is 12.3. The standard InChI is InChI=1S/C13H14N2O2/c1-10-11(7-8-13(16)17)9-15(14-10)12-5-3-2-4-6-12/h2-6,9H,7-8H2,1H3,(H,16,17). The first kappa shape index (κ1) is 11.4. The number of aryl methyl sites for hydroxylation is 2. The van der Waals surface area contributed by atoms with Crippen molar-refractivity contribution in [2.45, 2.75) is 19.8 Å². The summed E-state index contributed by atoms with van der Waals surface area (Å²) >= 11 is 0. The molecule has 4 heteroatoms. The molecule has 0 atom stereocenters. The van der Waals surface area contributed by atoms with Gasteiger partial charge in [-0.25, -0.2) is 4.68 Å². The van der Waals surface area contributed by atoms with Crippen molar-refractivity contribution >= 4 is 5.97 Å². The lowest BCUT2D eigenvalue weighted by atomic mass is 10.1. The molecule has 0 unspecified atom stereocenters. The first-order valence-electron chi connectivity index (χ1n) is 5.49. The van der Waals surface area contributed by atoms with E-state index in [0.717, 1.165) is 16.9 Å². The number of rotatable bonds is 4. The lowest BCUT2D eigenvalue weighted by molar-refractivity contribution is -0.136. The molecule has 0 bridgehead atoms. The molecule has 1 aromatic carbocycles. The molecular weight excluding hydrogens is 216 g/mol. The highest BCUT2D eigenvalue weighted by atomic mass is 16.4. The Hall–Kier alpha value is -2.10. The van der Waals surface area contributed by atoms with E-state index in [-0.39, 0.29) is 6.42 Å². The van der Waals surface area contributed by atoms with E-state index in [1.165, 1.54) is 0 Å². The zero-order valence-electron chi connectivity index (χ0n) is 9.63. The molecule has 0 saturated heterocycles. The van der Waals surface area contributed by atoms with Gasteiger partial charge in [-0.3, -0.25) is 4.79 Å². The molecule has 2 rings (SSSR count). The largest absolute Gasteiger partial charge is 0.481 e. The molecule has 88 valence electrons. The van der Waals surface area contributed by atoms with Crippen LogP contribution in [0.1, 0.15) is 17.7 Å². The Labute approximate surface area is 99.5 Å². The quantitative estimate of drug-likeness (QED) is 0.876. The fraction of sp³-hybridized carbons (Fsp3) is 0.231. The van der Waals surface area contributed by atoms with Crippen molar-refractivity contribution in [3.8, 4) is 5.69 Å². The molecule has 0 radical (unpaired) electrons. The fourth-order valence-electron chi connectivity index (χ4n) is 1.70. The highest BCUT2D eigenvalue weighted by Crippen LogP contribution is 2.13. The van der Waals surface area contributed by atoms with Gasteiger partial charge in [0.05, 0.1) is 11.4 Å². The third kappa shape index (κ3) is 2.72. The van der Waals surface area contributed by atoms with Crippen LogP contribution in [0.2, 0.25) is 0 Å². The van der Waals surface area contributed by atoms with Crippen LogP contribution in [0.15, 0.2) is 36.5 Å². The van der Waals surface area contributed by atoms with Crippen molar-refractivity contribution in [2.75, 3.05) is 0 Å². The minimum atomic E-state index is -0.781. The molecule has 0 spiro atoms. The van der Waals surface area contributed by atoms with Gasteiger partial charge in [-0.1, -0.05) is 18.2 Å². The molecule has 0 aliphatic carbocycles. The molecule has 0 amide bonds. The molecule has 2 aromatic rings. The van der Waals surface area contributed by atoms with Crippen molar-refractivity contribution in [3.63, 3.8) is 0 Å². The molecule has 1 N–H and O–H groups in total. The first-order valence-corrected chi connectivity index (χ1v) is 5.49. The molecule has 4 nitrogen and oxygen atoms in total. The summed E-state index contributed by atoms with van der Waals surface area (Å²) < 4.78 is 1.78. The molecule has 1 heterocycles. The van der Waals surface area contributed by atoms with Crippen molar-refractivity contribution in [1.29, 1.82) is 0 Å². The van der Waals surface area contributed by atoms with E-state index in [1.54, 1.807) is 4.68 Å². The topological polar surface area (TPSA) is 55.1 Å². The Kier molecular flexibility index (Phi) is 3.23. The monoisotopic (exact) mass is 230 g/mol. The van der Waals surface area contributed by atoms with E-state index in [2.05, 4.69) is 5.10 Å². The van der Waals surface area contributed by atoms with Gasteiger partial charge < -0.3 is 5.11 Å². The van der Waals surface area contributed by atoms with Crippen molar-refractivity contribution < 1.29 is 9.90 Å². The summed E-state index contributed by atoms with van der Waals surface area (Å²) in [7, 11) is 0. The van der Waals surface area contributed by atoms with Crippen LogP contribution in [0, 0.1) is 6.92 Å². The van der Waals surface area contributed by atoms with E-state index >= 15 is 0 Å². The maximum atomic E-state index is 10.5. The van der Waals surface area contributed by atoms with Gasteiger partial charge in [0, 0.05) is 12.6 Å². The Morgan fingerprint density at radius 2 is 2.06 bits per heavy atom. The minimum Gasteiger partial charge on any atom is -0.481 e. The Bertz CT molecular complexity index is 517. The molecule has 0 fully saturated rings. The predicted octanol–water partition coefficient (Wildman–Crippen LogP) is 2.20. The maximum absolute atomic E-state index is 10.5. The highest BCUT2D eigenvalue weighted by Gasteiger charge is 2.07. The second-order valence-electron chi connectivity index (χ2n) is 3.91. The second kappa shape index (κ2) is 4.82. The average molecular weight is 230 g/mol. The van der Waals surface area contributed by atoms with Crippen molar-refractivity contribution in [3.05, 3.63) is 47.8 Å². The van der Waals surface area contributed by atoms with Crippen LogP contribution in [0.25, 0.3) is 5.69 Å². The van der Waals surface area contributed by atoms with Gasteiger partial charge in [0.2, 0.25) is 0 Å². The summed E-state index contributed by atoms with van der Waals surface area (Å²) in [5.41, 5.74) is 2.85. The Morgan fingerprint density at radius 3 is 2.71 bits per heavy atom. The number of benzene rings is 1. The number of para-hydroxylation sites is 1. The number of carboxylic acid groups (broad SMARTS) is 1. The number of nitrogens with zero attached hydrogens (tertiary/aromatic N) is 2. The van der Waals surface area contributed by atoms with Crippen molar-refractivity contribution in [2.24, 2.45) is 0 Å². The van der Waals surface area contributed by atoms with Crippen LogP contribution in [0.3, 0.4) is 0 Å². The summed E-state index contributed by atoms with van der Waals surface area (Å²) in [4.78, 5) is 10.5. The van der Waals surface area contributed by atoms with Gasteiger partial charge in [-0.15, -0.1) is 0 Å². The van der Waals surface area contributed by atoms with E-state index < -0.39 is 5.97 Å². The summed E-state index contributed by atoms with van der Waals surface area (Å²) in [5, 5.41) is 13.0. The number of hydrogen-bond donors (Lipinski definition) is 1. The van der Waals surface area contributed by atoms with Gasteiger partial charge in [0.1, 0.15) is 0 Å². The lowest BCUT2D eigenvalue weighted by Gasteiger charge is -1.98. The SMILES string of the molecule is Cc1nn(-c2ccccc2)cc1CCC(=O)O. The van der Waals surface area contributed by atoms with Gasteiger partial charge in [0.15, 0.2) is 0 Å². The van der Waals surface area contributed by atoms with E-state index in [4.69, 9.17) is 5.11 Å². The predicted molar refractivity (Wildman–Crippen MR) is 64.3 cm³/mol. The van der Waals surface area contributed by atoms with Crippen LogP contribution >= 0.6 is 0 Å². The number of aromatic nitrogens is 2. The Balaban J connectivity index is 2.22. The molecular formula is C13H14N2O2. The van der Waals surface area contributed by atoms with Crippen LogP contribution in [0.4, 0.5) is 0 Å². The number of aliphatic carboxylic acids is 1. The Morgan fingerprint density at radius 1 is 1.35 bits per heavy atom. The molecule has 0 aliphatic heterocycles. The van der Waals surface area contributed by atoms with E-state index in [1.807, 2.05) is 43.5 Å². The maximum Gasteiger partial charge on any atom is 0.303 e. The van der Waals surface area contributed by atoms with Crippen LogP contribution < -0.4 is 0 Å². The van der Waals surface area contributed by atoms with Gasteiger partial charge in [0.25, 0.3) is 0 Å². The molecule has 0 aliphatic rings. The zero-order valence-corrected chi connectivity index (χ0v) is 9.63. The summed E-state index contributed by atoms with van der Waals surface area (Å²) in [6.45, 7) is 1.90. The normalized spacial score (nSPS) is 10.4. The molecule has 17 heavy (non-hydrogen) atoms. The first-order chi connectivity index (χ1) is 8.16. The van der Waals surface area contributed by atoms with Gasteiger partial charge in [-0.05, 0) is 31.0 Å². The number of carbonyl (C=O) groups is 1. The second-order valence-corrected chi connectivity index (χ2v) is 3.91. The summed E-state index contributed by atoms with van der Waals surface area (Å²) in [6, 6.07) is 9.78. The summed E-state index contributed by atoms with van der Waals surface area (Å²) in [6.07, 6.45) is 2.56. The third-order valence-corrected chi connectivity index (χ3v) is 2.63. The number of hydrogen-bond acceptors (Lipinski definition) is 2. The average Bonchev–Trinajstić information content (AvgIpc) is 2.69. The molecule has 0 saturated carbocycles. The van der Waals surface area contributed by atoms with Crippen LogP contribution in [-0.4, -0.2) is 20.9 Å². The minimum absolute atomic E-state index is 0.140. The highest BCUT2D eigenvalue weighted by molar-refractivity contribution is 5.67.